The molecule has 0 spiro atoms. The van der Waals surface area contributed by atoms with E-state index in [4.69, 9.17) is 4.98 Å². The molecule has 4 heterocycles. The Kier molecular flexibility index (Phi) is 8.21. The van der Waals surface area contributed by atoms with Gasteiger partial charge in [-0.15, -0.1) is 0 Å². The summed E-state index contributed by atoms with van der Waals surface area (Å²) < 4.78 is 46.2. The summed E-state index contributed by atoms with van der Waals surface area (Å²) >= 11 is 0.799. The van der Waals surface area contributed by atoms with E-state index < -0.39 is 26.5 Å². The van der Waals surface area contributed by atoms with Crippen LogP contribution in [0.4, 0.5) is 18.9 Å². The van der Waals surface area contributed by atoms with E-state index in [1.807, 2.05) is 24.4 Å². The molecule has 0 radical (unpaired) electrons. The minimum atomic E-state index is -2.59. The Bertz CT molecular complexity index is 1220. The molecule has 0 unspecified atom stereocenters. The van der Waals surface area contributed by atoms with E-state index in [0.29, 0.717) is 16.5 Å². The number of piperazine rings is 1. The van der Waals surface area contributed by atoms with E-state index in [9.17, 15) is 13.2 Å². The van der Waals surface area contributed by atoms with Crippen molar-refractivity contribution >= 4 is 37.8 Å². The van der Waals surface area contributed by atoms with Gasteiger partial charge in [-0.1, -0.05) is 13.8 Å². The molecule has 2 aliphatic carbocycles. The summed E-state index contributed by atoms with van der Waals surface area (Å²) in [7, 11) is 0. The molecule has 12 heteroatoms. The van der Waals surface area contributed by atoms with Crippen LogP contribution in [0, 0.1) is 0 Å². The van der Waals surface area contributed by atoms with Gasteiger partial charge in [0.2, 0.25) is 0 Å². The molecule has 7 nitrogen and oxygen atoms in total. The van der Waals surface area contributed by atoms with Crippen molar-refractivity contribution in [3.05, 3.63) is 22.5 Å². The van der Waals surface area contributed by atoms with Gasteiger partial charge in [0.05, 0.1) is 0 Å². The third-order valence-corrected chi connectivity index (χ3v) is 10.2. The molecular weight excluding hydrogens is 566 g/mol. The van der Waals surface area contributed by atoms with Gasteiger partial charge in [0.15, 0.2) is 0 Å². The van der Waals surface area contributed by atoms with Gasteiger partial charge in [-0.2, -0.15) is 0 Å². The molecule has 3 aromatic heterocycles. The van der Waals surface area contributed by atoms with Gasteiger partial charge >= 0.3 is 212 Å². The fraction of sp³-hybridized carbons (Fsp3) is 0.640. The van der Waals surface area contributed by atoms with Crippen molar-refractivity contribution in [2.45, 2.75) is 81.7 Å². The first-order chi connectivity index (χ1) is 18.0. The van der Waals surface area contributed by atoms with E-state index in [1.54, 1.807) is 0 Å². The molecule has 0 bridgehead atoms. The number of nitrogens with one attached hydrogen (secondary N) is 2. The predicted octanol–water partition coefficient (Wildman–Crippen LogP) is 4.98. The zero-order valence-electron chi connectivity index (χ0n) is 21.4. The number of hydrogen-bond acceptors (Lipinski definition) is 7. The predicted molar refractivity (Wildman–Crippen MR) is 143 cm³/mol. The summed E-state index contributed by atoms with van der Waals surface area (Å²) in [5.74, 6) is 0.310. The molecule has 3 aliphatic rings. The molecule has 1 saturated heterocycles. The molecule has 6 rings (SSSR count). The second-order valence-electron chi connectivity index (χ2n) is 9.89. The molecule has 202 valence electrons. The van der Waals surface area contributed by atoms with E-state index in [2.05, 4.69) is 38.1 Å². The molecule has 3 aromatic rings. The van der Waals surface area contributed by atoms with Gasteiger partial charge in [0.1, 0.15) is 0 Å². The zero-order valence-corrected chi connectivity index (χ0v) is 24.0. The van der Waals surface area contributed by atoms with Crippen molar-refractivity contribution < 1.29 is 13.2 Å². The Labute approximate surface area is 225 Å². The Balaban J connectivity index is 0.00000137. The zero-order chi connectivity index (χ0) is 26.2. The van der Waals surface area contributed by atoms with Crippen LogP contribution >= 0.6 is 11.9 Å². The Morgan fingerprint density at radius 2 is 2.05 bits per heavy atom. The van der Waals surface area contributed by atoms with Crippen molar-refractivity contribution in [2.24, 2.45) is 0 Å². The minimum absolute atomic E-state index is 0.135. The van der Waals surface area contributed by atoms with Crippen LogP contribution in [-0.4, -0.2) is 72.0 Å². The first-order valence-corrected chi connectivity index (χ1v) is 15.7. The number of rotatable bonds is 8. The van der Waals surface area contributed by atoms with Crippen LogP contribution in [0.1, 0.15) is 75.5 Å². The number of pyridine rings is 1. The fourth-order valence-corrected chi connectivity index (χ4v) is 7.23. The Morgan fingerprint density at radius 3 is 2.65 bits per heavy atom. The molecule has 3 fully saturated rings. The molecule has 1 atom stereocenters. The van der Waals surface area contributed by atoms with Crippen LogP contribution in [0.2, 0.25) is 0 Å². The van der Waals surface area contributed by atoms with Gasteiger partial charge in [-0.3, -0.25) is 0 Å². The van der Waals surface area contributed by atoms with E-state index in [1.165, 1.54) is 11.9 Å². The third-order valence-electron chi connectivity index (χ3n) is 7.23. The number of imidazole rings is 1. The van der Waals surface area contributed by atoms with Crippen LogP contribution in [0.25, 0.3) is 15.9 Å². The number of hydrogen-bond donors (Lipinski definition) is 2. The first-order valence-electron chi connectivity index (χ1n) is 13.1. The molecule has 2 N–H and O–H groups in total. The van der Waals surface area contributed by atoms with Crippen LogP contribution in [0.15, 0.2) is 17.2 Å². The van der Waals surface area contributed by atoms with Gasteiger partial charge in [0, 0.05) is 0 Å². The molecule has 0 amide bonds. The van der Waals surface area contributed by atoms with Crippen LogP contribution in [0.5, 0.6) is 0 Å². The summed E-state index contributed by atoms with van der Waals surface area (Å²) in [5, 5.41) is 11.5. The van der Waals surface area contributed by atoms with Crippen LogP contribution < -0.4 is 14.9 Å². The van der Waals surface area contributed by atoms with Crippen molar-refractivity contribution in [3.63, 3.8) is 0 Å². The van der Waals surface area contributed by atoms with Crippen molar-refractivity contribution in [2.75, 3.05) is 31.2 Å². The Morgan fingerprint density at radius 1 is 1.27 bits per heavy atom. The fourth-order valence-electron chi connectivity index (χ4n) is 4.74. The quantitative estimate of drug-likeness (QED) is 0.279. The van der Waals surface area contributed by atoms with E-state index >= 15 is 0 Å². The number of aromatic nitrogens is 4. The second-order valence-corrected chi connectivity index (χ2v) is 12.9. The number of halogens is 3. The van der Waals surface area contributed by atoms with Crippen molar-refractivity contribution in [1.29, 1.82) is 0 Å². The number of anilines is 1. The van der Waals surface area contributed by atoms with Gasteiger partial charge < -0.3 is 0 Å². The summed E-state index contributed by atoms with van der Waals surface area (Å²) in [6, 6.07) is 2.47. The van der Waals surface area contributed by atoms with Crippen molar-refractivity contribution in [3.8, 4) is 10.3 Å². The van der Waals surface area contributed by atoms with Gasteiger partial charge in [-0.25, -0.2) is 0 Å². The van der Waals surface area contributed by atoms with Crippen LogP contribution in [0.3, 0.4) is 0 Å². The van der Waals surface area contributed by atoms with Gasteiger partial charge in [-0.05, 0) is 0 Å². The maximum absolute atomic E-state index is 13.5. The Hall–Kier alpha value is -1.59. The summed E-state index contributed by atoms with van der Waals surface area (Å²) in [6.07, 6.45) is 4.30. The average Bonchev–Trinajstić information content (AvgIpc) is 3.32. The molecule has 2 saturated carbocycles. The topological polar surface area (TPSA) is 70.4 Å². The standard InChI is InChI=1S/C23H28F3N7SSe.C2H6/c1-13-10-32(8-7-27-13)16-9-15(34-31-23(12-24)5-6-23)11-33-18(21-29-30-22(35-21)19(25)26)17(28-20(16)33)14-3-2-4-14;1-2/h9,11,13-14,19,27,31H,2-8,10,12H2,1H3;1-2H3/t13-;/m0./s1. The summed E-state index contributed by atoms with van der Waals surface area (Å²) in [4.78, 5) is 8.41. The summed E-state index contributed by atoms with van der Waals surface area (Å²) in [5.41, 5.74) is 3.18. The van der Waals surface area contributed by atoms with E-state index in [-0.39, 0.29) is 11.2 Å². The first kappa shape index (κ1) is 27.0. The SMILES string of the molecule is CC.C[C@H]1CN(c2cc(SNC3(CF)CC3)cn3c(-c4nnc(C(F)F)[se]4)c(C4CCC4)nc23)CCN1. The number of alkyl halides is 3. The maximum atomic E-state index is 13.5. The third kappa shape index (κ3) is 5.45. The molecular formula is C25H34F3N7SSe. The van der Waals surface area contributed by atoms with Crippen molar-refractivity contribution in [1.82, 2.24) is 29.6 Å². The molecule has 37 heavy (non-hydrogen) atoms. The normalized spacial score (nSPS) is 21.2. The number of fused-ring (bicyclic) bond motifs is 1. The molecule has 1 aliphatic heterocycles. The summed E-state index contributed by atoms with van der Waals surface area (Å²) in [6.45, 7) is 8.34. The van der Waals surface area contributed by atoms with Gasteiger partial charge in [0.25, 0.3) is 0 Å². The average molecular weight is 601 g/mol. The molecule has 0 aromatic carbocycles. The van der Waals surface area contributed by atoms with E-state index in [0.717, 1.165) is 79.4 Å². The monoisotopic (exact) mass is 601 g/mol. The number of nitrogens with zero attached hydrogens (tertiary/aromatic N) is 5. The second kappa shape index (κ2) is 11.3. The van der Waals surface area contributed by atoms with Crippen LogP contribution in [-0.2, 0) is 0 Å².